The first-order chi connectivity index (χ1) is 12.4. The van der Waals surface area contributed by atoms with Gasteiger partial charge in [0.25, 0.3) is 0 Å². The zero-order chi connectivity index (χ0) is 20.2. The van der Waals surface area contributed by atoms with E-state index in [4.69, 9.17) is 22.9 Å². The Hall–Kier alpha value is -1.42. The van der Waals surface area contributed by atoms with E-state index in [2.05, 4.69) is 27.9 Å². The lowest BCUT2D eigenvalue weighted by molar-refractivity contribution is 0.291. The second-order valence-corrected chi connectivity index (χ2v) is 6.14. The molecule has 1 atom stereocenters. The number of nitrogens with one attached hydrogen (secondary N) is 3. The minimum Gasteiger partial charge on any atom is -0.399 e. The van der Waals surface area contributed by atoms with Crippen LogP contribution in [0, 0.1) is 0 Å². The molecule has 1 aliphatic rings. The van der Waals surface area contributed by atoms with E-state index in [1.165, 1.54) is 13.1 Å². The minimum atomic E-state index is 0.162. The standard InChI is InChI=1S/C6H8N2.C5H12N2.C4H12N2.C3H10N2/c7-5-1-2-6(8)4-3-5;1-7-4-2-6-3-5-7;1-5-3-4-6-2;1-3(5)2-4/h1-4H,7-8H2;6H,2-5H2,1H3;5-6H,3-4H2,1-2H3;3H,2,4-5H2,1H3. The number of nitrogens with zero attached hydrogens (tertiary/aromatic N) is 1. The quantitative estimate of drug-likeness (QED) is 0.267. The van der Waals surface area contributed by atoms with Gasteiger partial charge in [-0.05, 0) is 52.3 Å². The van der Waals surface area contributed by atoms with Crippen LogP contribution in [0.3, 0.4) is 0 Å². The number of benzene rings is 1. The fourth-order valence-corrected chi connectivity index (χ4v) is 1.52. The van der Waals surface area contributed by atoms with Gasteiger partial charge < -0.3 is 43.8 Å². The van der Waals surface area contributed by atoms with Crippen molar-refractivity contribution in [2.24, 2.45) is 11.5 Å². The van der Waals surface area contributed by atoms with E-state index in [9.17, 15) is 0 Å². The summed E-state index contributed by atoms with van der Waals surface area (Å²) in [5.74, 6) is 0. The second kappa shape index (κ2) is 19.9. The molecular formula is C18H42N8. The van der Waals surface area contributed by atoms with Gasteiger partial charge in [-0.25, -0.2) is 0 Å². The molecule has 1 heterocycles. The Balaban J connectivity index is 0. The van der Waals surface area contributed by atoms with E-state index >= 15 is 0 Å². The average Bonchev–Trinajstić information content (AvgIpc) is 2.64. The summed E-state index contributed by atoms with van der Waals surface area (Å²) in [5, 5.41) is 9.29. The number of hydrogen-bond acceptors (Lipinski definition) is 8. The fourth-order valence-electron chi connectivity index (χ4n) is 1.52. The Labute approximate surface area is 160 Å². The van der Waals surface area contributed by atoms with Gasteiger partial charge in [0.05, 0.1) is 0 Å². The molecule has 26 heavy (non-hydrogen) atoms. The molecule has 0 aromatic heterocycles. The third-order valence-electron chi connectivity index (χ3n) is 3.27. The van der Waals surface area contributed by atoms with Gasteiger partial charge in [-0.3, -0.25) is 0 Å². The average molecular weight is 371 g/mol. The fraction of sp³-hybridized carbons (Fsp3) is 0.667. The molecule has 0 aliphatic carbocycles. The Bertz CT molecular complexity index is 352. The first kappa shape index (κ1) is 26.8. The maximum atomic E-state index is 5.37. The van der Waals surface area contributed by atoms with Crippen LogP contribution < -0.4 is 38.9 Å². The van der Waals surface area contributed by atoms with Crippen LogP contribution in [-0.4, -0.2) is 77.9 Å². The summed E-state index contributed by atoms with van der Waals surface area (Å²) in [4.78, 5) is 2.33. The molecule has 1 aromatic carbocycles. The summed E-state index contributed by atoms with van der Waals surface area (Å²) in [6, 6.07) is 7.25. The van der Waals surface area contributed by atoms with Gasteiger partial charge in [-0.15, -0.1) is 0 Å². The molecule has 0 saturated carbocycles. The van der Waals surface area contributed by atoms with Crippen LogP contribution >= 0.6 is 0 Å². The SMILES string of the molecule is CC(N)CN.CN1CCNCC1.CNCCNC.Nc1ccc(N)cc1. The molecule has 1 aliphatic heterocycles. The van der Waals surface area contributed by atoms with Crippen LogP contribution in [0.4, 0.5) is 11.4 Å². The first-order valence-electron chi connectivity index (χ1n) is 9.12. The van der Waals surface area contributed by atoms with E-state index in [0.717, 1.165) is 37.6 Å². The van der Waals surface area contributed by atoms with Crippen molar-refractivity contribution in [3.63, 3.8) is 0 Å². The highest BCUT2D eigenvalue weighted by molar-refractivity contribution is 5.47. The van der Waals surface area contributed by atoms with Crippen molar-refractivity contribution in [3.8, 4) is 0 Å². The summed E-state index contributed by atoms with van der Waals surface area (Å²) in [5.41, 5.74) is 22.5. The van der Waals surface area contributed by atoms with Gasteiger partial charge in [-0.1, -0.05) is 0 Å². The molecule has 1 unspecified atom stereocenters. The first-order valence-corrected chi connectivity index (χ1v) is 9.12. The lowest BCUT2D eigenvalue weighted by Gasteiger charge is -2.21. The number of likely N-dealkylation sites (N-methyl/N-ethyl adjacent to an activating group) is 3. The van der Waals surface area contributed by atoms with Crippen LogP contribution in [0.1, 0.15) is 6.92 Å². The largest absolute Gasteiger partial charge is 0.399 e. The number of hydrogen-bond donors (Lipinski definition) is 7. The van der Waals surface area contributed by atoms with Crippen molar-refractivity contribution in [2.75, 3.05) is 78.4 Å². The van der Waals surface area contributed by atoms with Crippen molar-refractivity contribution in [2.45, 2.75) is 13.0 Å². The third-order valence-corrected chi connectivity index (χ3v) is 3.27. The highest BCUT2D eigenvalue weighted by atomic mass is 15.2. The minimum absolute atomic E-state index is 0.162. The Morgan fingerprint density at radius 2 is 1.35 bits per heavy atom. The van der Waals surface area contributed by atoms with E-state index < -0.39 is 0 Å². The molecule has 0 amide bonds. The molecule has 0 spiro atoms. The van der Waals surface area contributed by atoms with E-state index in [-0.39, 0.29) is 6.04 Å². The molecule has 8 heteroatoms. The summed E-state index contributed by atoms with van der Waals surface area (Å²) >= 11 is 0. The summed E-state index contributed by atoms with van der Waals surface area (Å²) in [6.07, 6.45) is 0. The molecule has 2 rings (SSSR count). The number of nitrogen functional groups attached to an aromatic ring is 2. The Kier molecular flexibility index (Phi) is 20.5. The molecule has 1 aromatic rings. The summed E-state index contributed by atoms with van der Waals surface area (Å²) in [7, 11) is 6.04. The highest BCUT2D eigenvalue weighted by Crippen LogP contribution is 2.04. The second-order valence-electron chi connectivity index (χ2n) is 6.14. The third kappa shape index (κ3) is 22.6. The zero-order valence-electron chi connectivity index (χ0n) is 17.1. The highest BCUT2D eigenvalue weighted by Gasteiger charge is 2.01. The monoisotopic (exact) mass is 370 g/mol. The van der Waals surface area contributed by atoms with Gasteiger partial charge in [0, 0.05) is 63.2 Å². The molecule has 11 N–H and O–H groups in total. The molecule has 0 radical (unpaired) electrons. The molecule has 1 fully saturated rings. The predicted octanol–water partition coefficient (Wildman–Crippen LogP) is -0.910. The lowest BCUT2D eigenvalue weighted by atomic mass is 10.3. The molecule has 0 bridgehead atoms. The van der Waals surface area contributed by atoms with Gasteiger partial charge in [0.2, 0.25) is 0 Å². The smallest absolute Gasteiger partial charge is 0.0315 e. The van der Waals surface area contributed by atoms with Crippen LogP contribution in [0.25, 0.3) is 0 Å². The van der Waals surface area contributed by atoms with Crippen molar-refractivity contribution in [1.29, 1.82) is 0 Å². The van der Waals surface area contributed by atoms with Crippen LogP contribution in [-0.2, 0) is 0 Å². The van der Waals surface area contributed by atoms with Crippen LogP contribution in [0.15, 0.2) is 24.3 Å². The predicted molar refractivity (Wildman–Crippen MR) is 116 cm³/mol. The zero-order valence-corrected chi connectivity index (χ0v) is 17.1. The van der Waals surface area contributed by atoms with Crippen molar-refractivity contribution < 1.29 is 0 Å². The van der Waals surface area contributed by atoms with E-state index in [1.54, 1.807) is 24.3 Å². The van der Waals surface area contributed by atoms with Crippen LogP contribution in [0.2, 0.25) is 0 Å². The van der Waals surface area contributed by atoms with E-state index in [0.29, 0.717) is 6.54 Å². The Morgan fingerprint density at radius 3 is 1.54 bits per heavy atom. The molecule has 8 nitrogen and oxygen atoms in total. The number of rotatable bonds is 4. The molecule has 1 saturated heterocycles. The normalized spacial score (nSPS) is 14.5. The van der Waals surface area contributed by atoms with Gasteiger partial charge in [-0.2, -0.15) is 0 Å². The van der Waals surface area contributed by atoms with Gasteiger partial charge in [0.1, 0.15) is 0 Å². The van der Waals surface area contributed by atoms with Gasteiger partial charge >= 0.3 is 0 Å². The maximum absolute atomic E-state index is 5.37. The van der Waals surface area contributed by atoms with Crippen molar-refractivity contribution in [1.82, 2.24) is 20.9 Å². The number of anilines is 2. The van der Waals surface area contributed by atoms with Crippen molar-refractivity contribution in [3.05, 3.63) is 24.3 Å². The van der Waals surface area contributed by atoms with Crippen molar-refractivity contribution >= 4 is 11.4 Å². The van der Waals surface area contributed by atoms with Crippen LogP contribution in [0.5, 0.6) is 0 Å². The van der Waals surface area contributed by atoms with Gasteiger partial charge in [0.15, 0.2) is 0 Å². The van der Waals surface area contributed by atoms with E-state index in [1.807, 2.05) is 21.0 Å². The number of nitrogens with two attached hydrogens (primary N) is 4. The maximum Gasteiger partial charge on any atom is 0.0315 e. The Morgan fingerprint density at radius 1 is 1.00 bits per heavy atom. The summed E-state index contributed by atoms with van der Waals surface area (Å²) in [6.45, 7) is 9.31. The summed E-state index contributed by atoms with van der Waals surface area (Å²) < 4.78 is 0. The molecule has 154 valence electrons. The number of piperazine rings is 1. The molecular weight excluding hydrogens is 328 g/mol. The topological polar surface area (TPSA) is 143 Å². The lowest BCUT2D eigenvalue weighted by Crippen LogP contribution is -2.40.